The van der Waals surface area contributed by atoms with E-state index in [1.54, 1.807) is 6.92 Å². The summed E-state index contributed by atoms with van der Waals surface area (Å²) < 4.78 is 0. The molecule has 0 saturated heterocycles. The van der Waals surface area contributed by atoms with Gasteiger partial charge < -0.3 is 10.4 Å². The summed E-state index contributed by atoms with van der Waals surface area (Å²) in [5.74, 6) is -1.05. The summed E-state index contributed by atoms with van der Waals surface area (Å²) in [6.07, 6.45) is 0.232. The van der Waals surface area contributed by atoms with Gasteiger partial charge in [-0.15, -0.1) is 0 Å². The number of carbonyl (C=O) groups is 2. The minimum atomic E-state index is -0.908. The number of carboxylic acid groups (broad SMARTS) is 1. The Morgan fingerprint density at radius 1 is 1.33 bits per heavy atom. The highest BCUT2D eigenvalue weighted by Crippen LogP contribution is 2.11. The van der Waals surface area contributed by atoms with E-state index in [2.05, 4.69) is 5.32 Å². The van der Waals surface area contributed by atoms with Gasteiger partial charge in [-0.05, 0) is 31.9 Å². The molecule has 4 nitrogen and oxygen atoms in total. The number of amides is 1. The molecule has 0 aliphatic rings. The van der Waals surface area contributed by atoms with Crippen molar-refractivity contribution in [3.63, 3.8) is 0 Å². The lowest BCUT2D eigenvalue weighted by molar-refractivity contribution is -0.137. The molecule has 1 rings (SSSR count). The maximum absolute atomic E-state index is 11.8. The quantitative estimate of drug-likeness (QED) is 0.836. The molecule has 1 atom stereocenters. The van der Waals surface area contributed by atoms with Crippen molar-refractivity contribution in [1.82, 2.24) is 5.32 Å². The van der Waals surface area contributed by atoms with Gasteiger partial charge in [-0.1, -0.05) is 23.8 Å². The predicted octanol–water partition coefficient (Wildman–Crippen LogP) is 1.83. The molecule has 0 bridgehead atoms. The lowest BCUT2D eigenvalue weighted by Gasteiger charge is -2.12. The van der Waals surface area contributed by atoms with E-state index >= 15 is 0 Å². The molecule has 0 radical (unpaired) electrons. The zero-order valence-electron chi connectivity index (χ0n) is 11.0. The monoisotopic (exact) mass is 249 g/mol. The summed E-state index contributed by atoms with van der Waals surface area (Å²) in [5.41, 5.74) is 3.17. The summed E-state index contributed by atoms with van der Waals surface area (Å²) in [5, 5.41) is 11.3. The standard InChI is InChI=1S/C14H19NO3/c1-9-4-5-10(2)12(6-9)8-13(16)15-11(3)7-14(17)18/h4-6,11H,7-8H2,1-3H3,(H,15,16)(H,17,18). The van der Waals surface area contributed by atoms with Gasteiger partial charge in [-0.2, -0.15) is 0 Å². The molecule has 1 aromatic rings. The van der Waals surface area contributed by atoms with Crippen LogP contribution < -0.4 is 5.32 Å². The zero-order valence-corrected chi connectivity index (χ0v) is 11.0. The van der Waals surface area contributed by atoms with Crippen molar-refractivity contribution in [1.29, 1.82) is 0 Å². The minimum Gasteiger partial charge on any atom is -0.481 e. The van der Waals surface area contributed by atoms with E-state index in [9.17, 15) is 9.59 Å². The van der Waals surface area contributed by atoms with Crippen LogP contribution in [0.1, 0.15) is 30.0 Å². The van der Waals surface area contributed by atoms with Gasteiger partial charge in [0.2, 0.25) is 5.91 Å². The molecule has 98 valence electrons. The molecule has 0 heterocycles. The fraction of sp³-hybridized carbons (Fsp3) is 0.429. The maximum atomic E-state index is 11.8. The Morgan fingerprint density at radius 3 is 2.61 bits per heavy atom. The number of nitrogens with one attached hydrogen (secondary N) is 1. The third-order valence-corrected chi connectivity index (χ3v) is 2.74. The maximum Gasteiger partial charge on any atom is 0.305 e. The van der Waals surface area contributed by atoms with Crippen LogP contribution in [0.3, 0.4) is 0 Å². The molecule has 1 unspecified atom stereocenters. The third kappa shape index (κ3) is 4.57. The fourth-order valence-electron chi connectivity index (χ4n) is 1.80. The lowest BCUT2D eigenvalue weighted by atomic mass is 10.0. The second-order valence-corrected chi connectivity index (χ2v) is 4.67. The van der Waals surface area contributed by atoms with E-state index in [-0.39, 0.29) is 24.8 Å². The van der Waals surface area contributed by atoms with Gasteiger partial charge in [0.05, 0.1) is 12.8 Å². The van der Waals surface area contributed by atoms with Gasteiger partial charge in [-0.25, -0.2) is 0 Å². The smallest absolute Gasteiger partial charge is 0.305 e. The molecule has 0 aliphatic heterocycles. The van der Waals surface area contributed by atoms with Crippen LogP contribution in [0, 0.1) is 13.8 Å². The molecule has 0 aromatic heterocycles. The summed E-state index contributed by atoms with van der Waals surface area (Å²) in [6.45, 7) is 5.63. The largest absolute Gasteiger partial charge is 0.481 e. The molecular weight excluding hydrogens is 230 g/mol. The van der Waals surface area contributed by atoms with Gasteiger partial charge in [0.15, 0.2) is 0 Å². The number of aryl methyl sites for hydroxylation is 2. The molecule has 1 amide bonds. The molecule has 0 saturated carbocycles. The summed E-state index contributed by atoms with van der Waals surface area (Å²) in [7, 11) is 0. The second-order valence-electron chi connectivity index (χ2n) is 4.67. The predicted molar refractivity (Wildman–Crippen MR) is 69.5 cm³/mol. The van der Waals surface area contributed by atoms with Crippen molar-refractivity contribution >= 4 is 11.9 Å². The number of carboxylic acids is 1. The number of carbonyl (C=O) groups excluding carboxylic acids is 1. The Bertz CT molecular complexity index is 454. The highest BCUT2D eigenvalue weighted by Gasteiger charge is 2.12. The molecule has 1 aromatic carbocycles. The van der Waals surface area contributed by atoms with E-state index in [1.165, 1.54) is 0 Å². The molecule has 0 spiro atoms. The van der Waals surface area contributed by atoms with E-state index in [1.807, 2.05) is 32.0 Å². The van der Waals surface area contributed by atoms with Crippen molar-refractivity contribution in [2.24, 2.45) is 0 Å². The average Bonchev–Trinajstić information content (AvgIpc) is 2.21. The summed E-state index contributed by atoms with van der Waals surface area (Å²) >= 11 is 0. The highest BCUT2D eigenvalue weighted by molar-refractivity contribution is 5.80. The molecular formula is C14H19NO3. The topological polar surface area (TPSA) is 66.4 Å². The highest BCUT2D eigenvalue weighted by atomic mass is 16.4. The number of aliphatic carboxylic acids is 1. The Labute approximate surface area is 107 Å². The van der Waals surface area contributed by atoms with Crippen LogP contribution in [0.15, 0.2) is 18.2 Å². The average molecular weight is 249 g/mol. The first kappa shape index (κ1) is 14.2. The van der Waals surface area contributed by atoms with E-state index in [4.69, 9.17) is 5.11 Å². The Hall–Kier alpha value is -1.84. The van der Waals surface area contributed by atoms with Crippen LogP contribution >= 0.6 is 0 Å². The summed E-state index contributed by atoms with van der Waals surface area (Å²) in [6, 6.07) is 5.62. The van der Waals surface area contributed by atoms with Crippen LogP contribution in [0.5, 0.6) is 0 Å². The number of benzene rings is 1. The number of hydrogen-bond acceptors (Lipinski definition) is 2. The summed E-state index contributed by atoms with van der Waals surface area (Å²) in [4.78, 5) is 22.3. The SMILES string of the molecule is Cc1ccc(C)c(CC(=O)NC(C)CC(=O)O)c1. The first-order valence-electron chi connectivity index (χ1n) is 5.95. The molecule has 18 heavy (non-hydrogen) atoms. The van der Waals surface area contributed by atoms with Gasteiger partial charge in [0.1, 0.15) is 0 Å². The lowest BCUT2D eigenvalue weighted by Crippen LogP contribution is -2.35. The molecule has 2 N–H and O–H groups in total. The Kier molecular flexibility index (Phi) is 4.89. The first-order chi connectivity index (χ1) is 8.38. The fourth-order valence-corrected chi connectivity index (χ4v) is 1.80. The Balaban J connectivity index is 2.59. The van der Waals surface area contributed by atoms with Crippen LogP contribution in [0.25, 0.3) is 0 Å². The van der Waals surface area contributed by atoms with Crippen LogP contribution in [-0.4, -0.2) is 23.0 Å². The minimum absolute atomic E-state index is 0.0570. The number of rotatable bonds is 5. The molecule has 0 fully saturated rings. The second kappa shape index (κ2) is 6.19. The van der Waals surface area contributed by atoms with Crippen LogP contribution in [0.2, 0.25) is 0 Å². The molecule has 0 aliphatic carbocycles. The van der Waals surface area contributed by atoms with Crippen LogP contribution in [-0.2, 0) is 16.0 Å². The van der Waals surface area contributed by atoms with Gasteiger partial charge in [0, 0.05) is 6.04 Å². The van der Waals surface area contributed by atoms with E-state index in [0.717, 1.165) is 16.7 Å². The van der Waals surface area contributed by atoms with Gasteiger partial charge in [-0.3, -0.25) is 9.59 Å². The van der Waals surface area contributed by atoms with E-state index < -0.39 is 5.97 Å². The van der Waals surface area contributed by atoms with Crippen molar-refractivity contribution in [2.75, 3.05) is 0 Å². The van der Waals surface area contributed by atoms with Gasteiger partial charge in [0.25, 0.3) is 0 Å². The van der Waals surface area contributed by atoms with Crippen molar-refractivity contribution in [3.05, 3.63) is 34.9 Å². The first-order valence-corrected chi connectivity index (χ1v) is 5.95. The Morgan fingerprint density at radius 2 is 2.00 bits per heavy atom. The van der Waals surface area contributed by atoms with Crippen molar-refractivity contribution in [2.45, 2.75) is 39.7 Å². The van der Waals surface area contributed by atoms with Crippen molar-refractivity contribution in [3.8, 4) is 0 Å². The zero-order chi connectivity index (χ0) is 13.7. The van der Waals surface area contributed by atoms with Crippen LogP contribution in [0.4, 0.5) is 0 Å². The number of hydrogen-bond donors (Lipinski definition) is 2. The van der Waals surface area contributed by atoms with E-state index in [0.29, 0.717) is 0 Å². The normalized spacial score (nSPS) is 11.9. The van der Waals surface area contributed by atoms with Gasteiger partial charge >= 0.3 is 5.97 Å². The third-order valence-electron chi connectivity index (χ3n) is 2.74. The molecule has 4 heteroatoms. The van der Waals surface area contributed by atoms with Crippen molar-refractivity contribution < 1.29 is 14.7 Å².